The number of thiophene rings is 1. The third-order valence-electron chi connectivity index (χ3n) is 5.33. The minimum absolute atomic E-state index is 0.00790. The van der Waals surface area contributed by atoms with E-state index in [0.717, 1.165) is 50.1 Å². The Hall–Kier alpha value is -1.97. The van der Waals surface area contributed by atoms with Crippen molar-refractivity contribution < 1.29 is 17.6 Å². The van der Waals surface area contributed by atoms with Crippen molar-refractivity contribution in [3.05, 3.63) is 41.0 Å². The monoisotopic (exact) mass is 437 g/mol. The van der Waals surface area contributed by atoms with E-state index < -0.39 is 15.8 Å². The number of benzene rings is 1. The molecule has 29 heavy (non-hydrogen) atoms. The van der Waals surface area contributed by atoms with Gasteiger partial charge in [-0.05, 0) is 49.9 Å². The quantitative estimate of drug-likeness (QED) is 0.752. The largest absolute Gasteiger partial charge is 0.370 e. The predicted octanol–water partition coefficient (Wildman–Crippen LogP) is 3.45. The van der Waals surface area contributed by atoms with Crippen LogP contribution in [0.5, 0.6) is 0 Å². The van der Waals surface area contributed by atoms with Crippen molar-refractivity contribution >= 4 is 38.6 Å². The Labute approximate surface area is 174 Å². The number of nitrogens with one attached hydrogen (secondary N) is 1. The Balaban J connectivity index is 1.47. The van der Waals surface area contributed by atoms with Gasteiger partial charge in [0.25, 0.3) is 10.0 Å². The molecule has 0 saturated carbocycles. The average Bonchev–Trinajstić information content (AvgIpc) is 3.46. The summed E-state index contributed by atoms with van der Waals surface area (Å²) >= 11 is 1.10. The molecular formula is C20H24FN3O3S2. The van der Waals surface area contributed by atoms with Gasteiger partial charge < -0.3 is 10.2 Å². The van der Waals surface area contributed by atoms with Crippen LogP contribution < -0.4 is 10.2 Å². The van der Waals surface area contributed by atoms with Crippen LogP contribution in [-0.2, 0) is 21.2 Å². The molecule has 2 aliphatic heterocycles. The number of carbonyl (C=O) groups excluding carboxylic acids is 1. The number of rotatable bonds is 6. The van der Waals surface area contributed by atoms with E-state index in [2.05, 4.69) is 10.2 Å². The summed E-state index contributed by atoms with van der Waals surface area (Å²) in [6, 6.07) is 8.01. The Morgan fingerprint density at radius 3 is 2.45 bits per heavy atom. The van der Waals surface area contributed by atoms with Gasteiger partial charge in [0, 0.05) is 31.1 Å². The van der Waals surface area contributed by atoms with E-state index in [9.17, 15) is 17.6 Å². The topological polar surface area (TPSA) is 69.7 Å². The summed E-state index contributed by atoms with van der Waals surface area (Å²) in [5.74, 6) is -0.825. The minimum Gasteiger partial charge on any atom is -0.370 e. The number of amides is 1. The van der Waals surface area contributed by atoms with E-state index in [-0.39, 0.29) is 22.2 Å². The van der Waals surface area contributed by atoms with Gasteiger partial charge in [-0.1, -0.05) is 6.07 Å². The van der Waals surface area contributed by atoms with E-state index in [0.29, 0.717) is 23.7 Å². The molecule has 6 nitrogen and oxygen atoms in total. The van der Waals surface area contributed by atoms with Crippen LogP contribution in [0.1, 0.15) is 30.6 Å². The SMILES string of the molecule is O=C(Cc1ccc(S(=O)(=O)N2CCCC2)s1)Nc1c(F)cccc1N1CCCC1. The first-order valence-electron chi connectivity index (χ1n) is 9.87. The van der Waals surface area contributed by atoms with Crippen molar-refractivity contribution in [1.82, 2.24) is 4.31 Å². The predicted molar refractivity (Wildman–Crippen MR) is 112 cm³/mol. The maximum atomic E-state index is 14.4. The fourth-order valence-corrected chi connectivity index (χ4v) is 6.87. The van der Waals surface area contributed by atoms with Crippen molar-refractivity contribution in [2.75, 3.05) is 36.4 Å². The number of sulfonamides is 1. The summed E-state index contributed by atoms with van der Waals surface area (Å²) in [7, 11) is -3.48. The summed E-state index contributed by atoms with van der Waals surface area (Å²) in [6.45, 7) is 2.77. The zero-order chi connectivity index (χ0) is 20.4. The lowest BCUT2D eigenvalue weighted by Crippen LogP contribution is -2.27. The molecule has 0 bridgehead atoms. The number of para-hydroxylation sites is 1. The first-order valence-corrected chi connectivity index (χ1v) is 12.1. The molecule has 0 aliphatic carbocycles. The lowest BCUT2D eigenvalue weighted by molar-refractivity contribution is -0.115. The Morgan fingerprint density at radius 1 is 1.03 bits per heavy atom. The zero-order valence-electron chi connectivity index (χ0n) is 16.1. The number of halogens is 1. The van der Waals surface area contributed by atoms with Crippen LogP contribution >= 0.6 is 11.3 Å². The Morgan fingerprint density at radius 2 is 1.72 bits per heavy atom. The number of carbonyl (C=O) groups is 1. The van der Waals surface area contributed by atoms with E-state index in [1.165, 1.54) is 10.4 Å². The second-order valence-corrected chi connectivity index (χ2v) is 10.7. The molecule has 2 aromatic rings. The number of hydrogen-bond acceptors (Lipinski definition) is 5. The van der Waals surface area contributed by atoms with Crippen molar-refractivity contribution in [3.63, 3.8) is 0 Å². The van der Waals surface area contributed by atoms with E-state index >= 15 is 0 Å². The highest BCUT2D eigenvalue weighted by Crippen LogP contribution is 2.32. The molecule has 156 valence electrons. The lowest BCUT2D eigenvalue weighted by atomic mass is 10.2. The molecule has 1 aromatic heterocycles. The van der Waals surface area contributed by atoms with E-state index in [1.54, 1.807) is 18.2 Å². The number of hydrogen-bond donors (Lipinski definition) is 1. The van der Waals surface area contributed by atoms with Gasteiger partial charge in [-0.2, -0.15) is 4.31 Å². The molecule has 0 atom stereocenters. The van der Waals surface area contributed by atoms with Crippen LogP contribution in [0, 0.1) is 5.82 Å². The fourth-order valence-electron chi connectivity index (χ4n) is 3.85. The average molecular weight is 438 g/mol. The first kappa shape index (κ1) is 20.3. The van der Waals surface area contributed by atoms with Gasteiger partial charge in [0.1, 0.15) is 15.7 Å². The van der Waals surface area contributed by atoms with E-state index in [1.807, 2.05) is 6.07 Å². The highest BCUT2D eigenvalue weighted by Gasteiger charge is 2.28. The van der Waals surface area contributed by atoms with Crippen LogP contribution in [0.3, 0.4) is 0 Å². The third kappa shape index (κ3) is 4.31. The highest BCUT2D eigenvalue weighted by atomic mass is 32.2. The second kappa shape index (κ2) is 8.41. The number of anilines is 2. The molecule has 1 aromatic carbocycles. The Kier molecular flexibility index (Phi) is 5.89. The smallest absolute Gasteiger partial charge is 0.252 e. The van der Waals surface area contributed by atoms with Crippen LogP contribution in [0.25, 0.3) is 0 Å². The van der Waals surface area contributed by atoms with Gasteiger partial charge in [-0.25, -0.2) is 12.8 Å². The summed E-state index contributed by atoms with van der Waals surface area (Å²) in [4.78, 5) is 15.3. The van der Waals surface area contributed by atoms with Crippen molar-refractivity contribution in [1.29, 1.82) is 0 Å². The maximum Gasteiger partial charge on any atom is 0.252 e. The normalized spacial score (nSPS) is 17.8. The molecule has 1 amide bonds. The third-order valence-corrected chi connectivity index (χ3v) is 8.79. The van der Waals surface area contributed by atoms with E-state index in [4.69, 9.17) is 0 Å². The summed E-state index contributed by atoms with van der Waals surface area (Å²) in [5.41, 5.74) is 0.889. The van der Waals surface area contributed by atoms with Crippen LogP contribution in [0.4, 0.5) is 15.8 Å². The molecule has 1 N–H and O–H groups in total. The van der Waals surface area contributed by atoms with Gasteiger partial charge in [-0.15, -0.1) is 11.3 Å². The standard InChI is InChI=1S/C20H24FN3O3S2/c21-16-6-5-7-17(23-10-1-2-11-23)20(16)22-18(25)14-15-8-9-19(28-15)29(26,27)24-12-3-4-13-24/h5-9H,1-4,10-14H2,(H,22,25). The van der Waals surface area contributed by atoms with Gasteiger partial charge in [0.05, 0.1) is 12.1 Å². The van der Waals surface area contributed by atoms with Crippen LogP contribution in [-0.4, -0.2) is 44.8 Å². The summed E-state index contributed by atoms with van der Waals surface area (Å²) in [5, 5.41) is 2.70. The summed E-state index contributed by atoms with van der Waals surface area (Å²) in [6.07, 6.45) is 3.86. The second-order valence-electron chi connectivity index (χ2n) is 7.39. The van der Waals surface area contributed by atoms with Crippen molar-refractivity contribution in [2.24, 2.45) is 0 Å². The highest BCUT2D eigenvalue weighted by molar-refractivity contribution is 7.91. The lowest BCUT2D eigenvalue weighted by Gasteiger charge is -2.22. The van der Waals surface area contributed by atoms with Crippen LogP contribution in [0.15, 0.2) is 34.5 Å². The van der Waals surface area contributed by atoms with Gasteiger partial charge >= 0.3 is 0 Å². The Bertz CT molecular complexity index is 994. The molecule has 3 heterocycles. The molecule has 0 spiro atoms. The minimum atomic E-state index is -3.48. The van der Waals surface area contributed by atoms with Crippen molar-refractivity contribution in [3.8, 4) is 0 Å². The zero-order valence-corrected chi connectivity index (χ0v) is 17.7. The number of nitrogens with zero attached hydrogens (tertiary/aromatic N) is 2. The van der Waals surface area contributed by atoms with Gasteiger partial charge in [-0.3, -0.25) is 4.79 Å². The van der Waals surface area contributed by atoms with Crippen molar-refractivity contribution in [2.45, 2.75) is 36.3 Å². The fraction of sp³-hybridized carbons (Fsp3) is 0.450. The van der Waals surface area contributed by atoms with Crippen LogP contribution in [0.2, 0.25) is 0 Å². The maximum absolute atomic E-state index is 14.4. The summed E-state index contributed by atoms with van der Waals surface area (Å²) < 4.78 is 41.4. The molecule has 0 radical (unpaired) electrons. The molecule has 9 heteroatoms. The molecular weight excluding hydrogens is 413 g/mol. The molecule has 2 fully saturated rings. The molecule has 4 rings (SSSR count). The molecule has 2 aliphatic rings. The van der Waals surface area contributed by atoms with Gasteiger partial charge in [0.15, 0.2) is 0 Å². The first-order chi connectivity index (χ1) is 13.9. The molecule has 0 unspecified atom stereocenters. The van der Waals surface area contributed by atoms with Gasteiger partial charge in [0.2, 0.25) is 5.91 Å². The molecule has 2 saturated heterocycles.